The van der Waals surface area contributed by atoms with Crippen molar-refractivity contribution in [3.8, 4) is 5.75 Å². The molecule has 14 heavy (non-hydrogen) atoms. The molecule has 0 saturated heterocycles. The Labute approximate surface area is 93.9 Å². The van der Waals surface area contributed by atoms with Gasteiger partial charge in [-0.2, -0.15) is 0 Å². The van der Waals surface area contributed by atoms with E-state index in [0.717, 1.165) is 17.5 Å². The Morgan fingerprint density at radius 1 is 1.50 bits per heavy atom. The lowest BCUT2D eigenvalue weighted by molar-refractivity contribution is 0.414. The van der Waals surface area contributed by atoms with Gasteiger partial charge in [0, 0.05) is 5.33 Å². The van der Waals surface area contributed by atoms with E-state index in [1.807, 2.05) is 12.1 Å². The van der Waals surface area contributed by atoms with Crippen LogP contribution in [-0.4, -0.2) is 12.4 Å². The van der Waals surface area contributed by atoms with Crippen LogP contribution in [0.3, 0.4) is 0 Å². The number of benzene rings is 1. The maximum atomic E-state index is 5.19. The van der Waals surface area contributed by atoms with Crippen LogP contribution in [0.1, 0.15) is 18.9 Å². The Bertz CT molecular complexity index is 318. The lowest BCUT2D eigenvalue weighted by Gasteiger charge is -2.06. The van der Waals surface area contributed by atoms with Gasteiger partial charge in [0.1, 0.15) is 5.75 Å². The molecule has 1 nitrogen and oxygen atoms in total. The summed E-state index contributed by atoms with van der Waals surface area (Å²) in [7, 11) is 1.69. The molecule has 0 atom stereocenters. The minimum atomic E-state index is 0.883. The van der Waals surface area contributed by atoms with Gasteiger partial charge in [0.2, 0.25) is 0 Å². The second-order valence-electron chi connectivity index (χ2n) is 3.00. The van der Waals surface area contributed by atoms with Gasteiger partial charge in [-0.1, -0.05) is 41.1 Å². The molecule has 0 spiro atoms. The Balaban J connectivity index is 2.98. The fourth-order valence-electron chi connectivity index (χ4n) is 1.32. The molecule has 76 valence electrons. The molecule has 0 radical (unpaired) electrons. The van der Waals surface area contributed by atoms with Crippen molar-refractivity contribution >= 4 is 21.5 Å². The summed E-state index contributed by atoms with van der Waals surface area (Å²) >= 11 is 3.49. The van der Waals surface area contributed by atoms with Crippen LogP contribution in [0.25, 0.3) is 5.57 Å². The standard InChI is InChI=1S/C12H15BrO/c1-3-5-11(9-13)10-6-4-7-12(8-10)14-2/h4-8H,3,9H2,1-2H3/b11-5-. The average Bonchev–Trinajstić information content (AvgIpc) is 2.26. The highest BCUT2D eigenvalue weighted by molar-refractivity contribution is 9.09. The molecule has 0 aromatic heterocycles. The van der Waals surface area contributed by atoms with Crippen LogP contribution in [0.2, 0.25) is 0 Å². The van der Waals surface area contributed by atoms with Crippen LogP contribution >= 0.6 is 15.9 Å². The largest absolute Gasteiger partial charge is 0.497 e. The summed E-state index contributed by atoms with van der Waals surface area (Å²) in [6.45, 7) is 2.14. The predicted molar refractivity (Wildman–Crippen MR) is 65.1 cm³/mol. The molecule has 0 aliphatic rings. The molecular weight excluding hydrogens is 240 g/mol. The zero-order chi connectivity index (χ0) is 10.4. The zero-order valence-corrected chi connectivity index (χ0v) is 10.2. The highest BCUT2D eigenvalue weighted by Gasteiger charge is 2.00. The number of ether oxygens (including phenoxy) is 1. The van der Waals surface area contributed by atoms with Crippen LogP contribution in [0.15, 0.2) is 30.3 Å². The van der Waals surface area contributed by atoms with Crippen molar-refractivity contribution in [2.45, 2.75) is 13.3 Å². The maximum Gasteiger partial charge on any atom is 0.119 e. The second kappa shape index (κ2) is 5.86. The van der Waals surface area contributed by atoms with Gasteiger partial charge >= 0.3 is 0 Å². The summed E-state index contributed by atoms with van der Waals surface area (Å²) in [6, 6.07) is 8.13. The fourth-order valence-corrected chi connectivity index (χ4v) is 1.87. The second-order valence-corrected chi connectivity index (χ2v) is 3.56. The fraction of sp³-hybridized carbons (Fsp3) is 0.333. The molecule has 1 rings (SSSR count). The third-order valence-corrected chi connectivity index (χ3v) is 2.64. The van der Waals surface area contributed by atoms with Gasteiger partial charge in [-0.3, -0.25) is 0 Å². The molecule has 0 saturated carbocycles. The Kier molecular flexibility index (Phi) is 4.74. The number of hydrogen-bond acceptors (Lipinski definition) is 1. The Morgan fingerprint density at radius 2 is 2.29 bits per heavy atom. The molecule has 0 fully saturated rings. The molecule has 0 aliphatic carbocycles. The smallest absolute Gasteiger partial charge is 0.119 e. The van der Waals surface area contributed by atoms with Crippen LogP contribution in [0.5, 0.6) is 5.75 Å². The summed E-state index contributed by atoms with van der Waals surface area (Å²) in [4.78, 5) is 0. The van der Waals surface area contributed by atoms with Gasteiger partial charge in [-0.25, -0.2) is 0 Å². The number of methoxy groups -OCH3 is 1. The van der Waals surface area contributed by atoms with Gasteiger partial charge in [-0.15, -0.1) is 0 Å². The molecule has 0 N–H and O–H groups in total. The molecular formula is C12H15BrO. The highest BCUT2D eigenvalue weighted by atomic mass is 79.9. The number of hydrogen-bond donors (Lipinski definition) is 0. The number of alkyl halides is 1. The van der Waals surface area contributed by atoms with Crippen molar-refractivity contribution in [1.82, 2.24) is 0 Å². The first kappa shape index (κ1) is 11.3. The van der Waals surface area contributed by atoms with Crippen molar-refractivity contribution in [3.63, 3.8) is 0 Å². The molecule has 0 unspecified atom stereocenters. The van der Waals surface area contributed by atoms with Crippen molar-refractivity contribution < 1.29 is 4.74 Å². The quantitative estimate of drug-likeness (QED) is 0.742. The van der Waals surface area contributed by atoms with E-state index in [-0.39, 0.29) is 0 Å². The minimum absolute atomic E-state index is 0.883. The van der Waals surface area contributed by atoms with E-state index in [0.29, 0.717) is 0 Å². The number of allylic oxidation sites excluding steroid dienone is 2. The summed E-state index contributed by atoms with van der Waals surface area (Å²) in [5.41, 5.74) is 2.54. The van der Waals surface area contributed by atoms with Crippen LogP contribution < -0.4 is 4.74 Å². The van der Waals surface area contributed by atoms with Gasteiger partial charge < -0.3 is 4.74 Å². The van der Waals surface area contributed by atoms with Gasteiger partial charge in [0.15, 0.2) is 0 Å². The van der Waals surface area contributed by atoms with Crippen molar-refractivity contribution in [2.75, 3.05) is 12.4 Å². The maximum absolute atomic E-state index is 5.19. The molecule has 2 heteroatoms. The number of rotatable bonds is 4. The monoisotopic (exact) mass is 254 g/mol. The summed E-state index contributed by atoms with van der Waals surface area (Å²) < 4.78 is 5.19. The third kappa shape index (κ3) is 2.88. The van der Waals surface area contributed by atoms with Crippen molar-refractivity contribution in [2.24, 2.45) is 0 Å². The molecule has 1 aromatic carbocycles. The molecule has 0 amide bonds. The lowest BCUT2D eigenvalue weighted by atomic mass is 10.1. The van der Waals surface area contributed by atoms with E-state index in [2.05, 4.69) is 41.1 Å². The summed E-state index contributed by atoms with van der Waals surface area (Å²) in [5, 5.41) is 0.883. The third-order valence-electron chi connectivity index (χ3n) is 2.04. The molecule has 0 bridgehead atoms. The normalized spacial score (nSPS) is 11.5. The van der Waals surface area contributed by atoms with E-state index in [9.17, 15) is 0 Å². The molecule has 0 aliphatic heterocycles. The van der Waals surface area contributed by atoms with Gasteiger partial charge in [0.25, 0.3) is 0 Å². The molecule has 1 aromatic rings. The van der Waals surface area contributed by atoms with E-state index < -0.39 is 0 Å². The van der Waals surface area contributed by atoms with E-state index in [4.69, 9.17) is 4.74 Å². The molecule has 0 heterocycles. The summed E-state index contributed by atoms with van der Waals surface area (Å²) in [6.07, 6.45) is 3.28. The highest BCUT2D eigenvalue weighted by Crippen LogP contribution is 2.21. The zero-order valence-electron chi connectivity index (χ0n) is 8.59. The van der Waals surface area contributed by atoms with Crippen LogP contribution in [0.4, 0.5) is 0 Å². The first-order chi connectivity index (χ1) is 6.81. The van der Waals surface area contributed by atoms with Crippen molar-refractivity contribution in [1.29, 1.82) is 0 Å². The summed E-state index contributed by atoms with van der Waals surface area (Å²) in [5.74, 6) is 0.908. The van der Waals surface area contributed by atoms with Gasteiger partial charge in [-0.05, 0) is 29.7 Å². The van der Waals surface area contributed by atoms with E-state index in [1.54, 1.807) is 7.11 Å². The Hall–Kier alpha value is -0.760. The average molecular weight is 255 g/mol. The van der Waals surface area contributed by atoms with Gasteiger partial charge in [0.05, 0.1) is 7.11 Å². The van der Waals surface area contributed by atoms with E-state index in [1.165, 1.54) is 11.1 Å². The van der Waals surface area contributed by atoms with Crippen molar-refractivity contribution in [3.05, 3.63) is 35.9 Å². The Morgan fingerprint density at radius 3 is 2.86 bits per heavy atom. The topological polar surface area (TPSA) is 9.23 Å². The van der Waals surface area contributed by atoms with E-state index >= 15 is 0 Å². The van der Waals surface area contributed by atoms with Crippen LogP contribution in [-0.2, 0) is 0 Å². The predicted octanol–water partition coefficient (Wildman–Crippen LogP) is 3.88. The van der Waals surface area contributed by atoms with Crippen LogP contribution in [0, 0.1) is 0 Å². The lowest BCUT2D eigenvalue weighted by Crippen LogP contribution is -1.88. The minimum Gasteiger partial charge on any atom is -0.497 e. The first-order valence-electron chi connectivity index (χ1n) is 4.71. The first-order valence-corrected chi connectivity index (χ1v) is 5.83. The SMILES string of the molecule is CC/C=C(/CBr)c1cccc(OC)c1. The number of halogens is 1.